The average molecular weight is 172 g/mol. The van der Waals surface area contributed by atoms with Crippen LogP contribution >= 0.6 is 9.47 Å². The summed E-state index contributed by atoms with van der Waals surface area (Å²) in [5.41, 5.74) is 1.04. The maximum Gasteiger partial charge on any atom is 0.136 e. The molecule has 0 spiro atoms. The number of ketones is 1. The van der Waals surface area contributed by atoms with Crippen LogP contribution < -0.4 is 0 Å². The molecular weight excluding hydrogens is 159 g/mol. The Labute approximate surface area is 69.3 Å². The molecule has 3 atom stereocenters. The maximum absolute atomic E-state index is 11.1. The normalized spacial score (nSPS) is 32.5. The Morgan fingerprint density at radius 2 is 2.27 bits per heavy atom. The van der Waals surface area contributed by atoms with Crippen molar-refractivity contribution in [2.24, 2.45) is 5.92 Å². The first kappa shape index (κ1) is 8.89. The zero-order valence-corrected chi connectivity index (χ0v) is 7.82. The van der Waals surface area contributed by atoms with E-state index >= 15 is 0 Å². The van der Waals surface area contributed by atoms with Crippen molar-refractivity contribution in [3.8, 4) is 0 Å². The van der Waals surface area contributed by atoms with Gasteiger partial charge in [0.05, 0.1) is 6.10 Å². The molecule has 62 valence electrons. The highest BCUT2D eigenvalue weighted by Crippen LogP contribution is 2.28. The smallest absolute Gasteiger partial charge is 0.136 e. The maximum atomic E-state index is 11.1. The molecule has 0 saturated heterocycles. The Morgan fingerprint density at radius 3 is 2.82 bits per heavy atom. The van der Waals surface area contributed by atoms with Gasteiger partial charge in [-0.05, 0) is 11.5 Å². The molecule has 0 aromatic rings. The number of carbonyl (C=O) groups is 1. The van der Waals surface area contributed by atoms with Crippen molar-refractivity contribution in [3.05, 3.63) is 12.2 Å². The van der Waals surface area contributed by atoms with Crippen LogP contribution in [0.4, 0.5) is 0 Å². The molecule has 0 aliphatic heterocycles. The molecule has 1 rings (SSSR count). The minimum Gasteiger partial charge on any atom is -0.358 e. The molecule has 1 fully saturated rings. The Bertz CT molecular complexity index is 189. The lowest BCUT2D eigenvalue weighted by Gasteiger charge is -2.27. The summed E-state index contributed by atoms with van der Waals surface area (Å²) in [7, 11) is 2.19. The Morgan fingerprint density at radius 1 is 1.64 bits per heavy atom. The quantitative estimate of drug-likeness (QED) is 0.444. The van der Waals surface area contributed by atoms with Gasteiger partial charge in [-0.25, -0.2) is 0 Å². The fourth-order valence-electron chi connectivity index (χ4n) is 1.35. The molecule has 0 N–H and O–H groups in total. The van der Waals surface area contributed by atoms with E-state index in [0.29, 0.717) is 12.8 Å². The topological polar surface area (TPSA) is 26.3 Å². The lowest BCUT2D eigenvalue weighted by Crippen LogP contribution is -2.27. The number of Topliss-reactive ketones (excluding diaryl/α,β-unsaturated/α-hetero) is 1. The largest absolute Gasteiger partial charge is 0.358 e. The lowest BCUT2D eigenvalue weighted by atomic mass is 9.84. The predicted octanol–water partition coefficient (Wildman–Crippen LogP) is 1.72. The molecule has 1 unspecified atom stereocenters. The van der Waals surface area contributed by atoms with Crippen molar-refractivity contribution in [1.29, 1.82) is 0 Å². The zero-order chi connectivity index (χ0) is 8.43. The fraction of sp³-hybridized carbons (Fsp3) is 0.625. The second-order valence-electron chi connectivity index (χ2n) is 3.05. The first-order valence-corrected chi connectivity index (χ1v) is 4.18. The summed E-state index contributed by atoms with van der Waals surface area (Å²) >= 11 is 0. The van der Waals surface area contributed by atoms with E-state index in [4.69, 9.17) is 4.52 Å². The van der Waals surface area contributed by atoms with Gasteiger partial charge >= 0.3 is 0 Å². The van der Waals surface area contributed by atoms with Gasteiger partial charge in [0.2, 0.25) is 0 Å². The minimum atomic E-state index is -0.0729. The predicted molar refractivity (Wildman–Crippen MR) is 47.1 cm³/mol. The minimum absolute atomic E-state index is 0.0729. The van der Waals surface area contributed by atoms with E-state index < -0.39 is 0 Å². The number of carbonyl (C=O) groups excluding carboxylic acids is 1. The second-order valence-corrected chi connectivity index (χ2v) is 3.32. The van der Waals surface area contributed by atoms with Crippen LogP contribution in [-0.2, 0) is 9.32 Å². The van der Waals surface area contributed by atoms with E-state index in [1.807, 2.05) is 6.92 Å². The van der Waals surface area contributed by atoms with Gasteiger partial charge in [-0.1, -0.05) is 13.5 Å². The summed E-state index contributed by atoms with van der Waals surface area (Å²) in [6.45, 7) is 5.90. The zero-order valence-electron chi connectivity index (χ0n) is 6.67. The summed E-state index contributed by atoms with van der Waals surface area (Å²) in [5, 5.41) is 0. The van der Waals surface area contributed by atoms with E-state index in [0.717, 1.165) is 5.57 Å². The van der Waals surface area contributed by atoms with Gasteiger partial charge in [-0.3, -0.25) is 4.79 Å². The summed E-state index contributed by atoms with van der Waals surface area (Å²) in [6.07, 6.45) is 1.05. The molecule has 3 heteroatoms. The third-order valence-electron chi connectivity index (χ3n) is 2.16. The molecule has 0 bridgehead atoms. The fourth-order valence-corrected chi connectivity index (χ4v) is 1.62. The van der Waals surface area contributed by atoms with Crippen molar-refractivity contribution in [1.82, 2.24) is 0 Å². The molecule has 0 heterocycles. The summed E-state index contributed by atoms with van der Waals surface area (Å²) in [4.78, 5) is 11.1. The van der Waals surface area contributed by atoms with Crippen LogP contribution in [0, 0.1) is 5.92 Å². The Hall–Kier alpha value is -0.200. The van der Waals surface area contributed by atoms with Gasteiger partial charge < -0.3 is 4.52 Å². The molecule has 1 saturated carbocycles. The average Bonchev–Trinajstić information content (AvgIpc) is 1.96. The molecule has 0 aromatic heterocycles. The van der Waals surface area contributed by atoms with Crippen LogP contribution in [0.3, 0.4) is 0 Å². The van der Waals surface area contributed by atoms with Crippen LogP contribution in [0.25, 0.3) is 0 Å². The van der Waals surface area contributed by atoms with Crippen molar-refractivity contribution in [3.63, 3.8) is 0 Å². The molecular formula is C8H13O2P. The van der Waals surface area contributed by atoms with Gasteiger partial charge in [-0.2, -0.15) is 0 Å². The highest BCUT2D eigenvalue weighted by molar-refractivity contribution is 7.09. The summed E-state index contributed by atoms with van der Waals surface area (Å²) in [6, 6.07) is 0. The molecule has 1 aliphatic carbocycles. The Balaban J connectivity index is 2.66. The van der Waals surface area contributed by atoms with Gasteiger partial charge in [0.1, 0.15) is 5.78 Å². The highest BCUT2D eigenvalue weighted by atomic mass is 31.0. The van der Waals surface area contributed by atoms with Crippen LogP contribution in [-0.4, -0.2) is 11.9 Å². The van der Waals surface area contributed by atoms with E-state index in [2.05, 4.69) is 16.0 Å². The second kappa shape index (κ2) is 3.46. The van der Waals surface area contributed by atoms with Crippen LogP contribution in [0.5, 0.6) is 0 Å². The van der Waals surface area contributed by atoms with Crippen molar-refractivity contribution >= 4 is 15.2 Å². The van der Waals surface area contributed by atoms with E-state index in [1.54, 1.807) is 0 Å². The summed E-state index contributed by atoms with van der Waals surface area (Å²) in [5.74, 6) is 0.555. The van der Waals surface area contributed by atoms with E-state index in [9.17, 15) is 4.79 Å². The number of hydrogen-bond donors (Lipinski definition) is 0. The van der Waals surface area contributed by atoms with Crippen molar-refractivity contribution < 1.29 is 9.32 Å². The van der Waals surface area contributed by atoms with Gasteiger partial charge in [0.25, 0.3) is 0 Å². The number of rotatable bonds is 1. The molecule has 1 aliphatic rings. The molecule has 0 radical (unpaired) electrons. The standard InChI is InChI=1S/C8H13O2P/c1-5-3-7(9)4-8(10-11)6(5)2/h5,8H,2-4,11H2,1H3/t5-,8-/m1/s1. The van der Waals surface area contributed by atoms with E-state index in [-0.39, 0.29) is 17.8 Å². The first-order chi connectivity index (χ1) is 5.15. The van der Waals surface area contributed by atoms with Gasteiger partial charge in [0, 0.05) is 22.3 Å². The molecule has 11 heavy (non-hydrogen) atoms. The van der Waals surface area contributed by atoms with Crippen molar-refractivity contribution in [2.75, 3.05) is 0 Å². The molecule has 2 nitrogen and oxygen atoms in total. The van der Waals surface area contributed by atoms with Gasteiger partial charge in [0.15, 0.2) is 0 Å². The van der Waals surface area contributed by atoms with Crippen molar-refractivity contribution in [2.45, 2.75) is 25.9 Å². The van der Waals surface area contributed by atoms with E-state index in [1.165, 1.54) is 0 Å². The highest BCUT2D eigenvalue weighted by Gasteiger charge is 2.27. The van der Waals surface area contributed by atoms with Crippen LogP contribution in [0.1, 0.15) is 19.8 Å². The van der Waals surface area contributed by atoms with Crippen LogP contribution in [0.15, 0.2) is 12.2 Å². The van der Waals surface area contributed by atoms with Crippen LogP contribution in [0.2, 0.25) is 0 Å². The SMILES string of the molecule is C=C1[C@H](C)CC(=O)C[C@H]1OP. The lowest BCUT2D eigenvalue weighted by molar-refractivity contribution is -0.122. The first-order valence-electron chi connectivity index (χ1n) is 3.71. The molecule has 0 aromatic carbocycles. The summed E-state index contributed by atoms with van der Waals surface area (Å²) < 4.78 is 5.04. The number of hydrogen-bond acceptors (Lipinski definition) is 2. The third kappa shape index (κ3) is 1.88. The van der Waals surface area contributed by atoms with Gasteiger partial charge in [-0.15, -0.1) is 0 Å². The molecule has 0 amide bonds. The monoisotopic (exact) mass is 172 g/mol. The Kier molecular flexibility index (Phi) is 2.80. The third-order valence-corrected chi connectivity index (χ3v) is 2.49.